The second-order valence-corrected chi connectivity index (χ2v) is 5.60. The first-order valence-electron chi connectivity index (χ1n) is 7.22. The van der Waals surface area contributed by atoms with E-state index in [1.165, 1.54) is 24.0 Å². The summed E-state index contributed by atoms with van der Waals surface area (Å²) in [5, 5.41) is 3.60. The summed E-state index contributed by atoms with van der Waals surface area (Å²) >= 11 is 0. The summed E-state index contributed by atoms with van der Waals surface area (Å²) in [7, 11) is 1.71. The van der Waals surface area contributed by atoms with Crippen LogP contribution in [0.15, 0.2) is 54.6 Å². The van der Waals surface area contributed by atoms with Gasteiger partial charge in [-0.25, -0.2) is 0 Å². The number of benzene rings is 2. The van der Waals surface area contributed by atoms with E-state index >= 15 is 0 Å². The minimum Gasteiger partial charge on any atom is -0.497 e. The van der Waals surface area contributed by atoms with E-state index in [0.29, 0.717) is 5.41 Å². The first-order valence-corrected chi connectivity index (χ1v) is 7.22. The molecule has 1 fully saturated rings. The Labute approximate surface area is 120 Å². The standard InChI is InChI=1S/C18H21NO/c1-20-17-9-7-16(8-10-17)18(11-12-18)14-19-13-15-5-3-2-4-6-15/h2-10,19H,11-14H2,1H3. The van der Waals surface area contributed by atoms with Gasteiger partial charge in [-0.1, -0.05) is 42.5 Å². The van der Waals surface area contributed by atoms with Crippen LogP contribution in [0.4, 0.5) is 0 Å². The molecule has 0 spiro atoms. The average Bonchev–Trinajstić information content (AvgIpc) is 3.30. The molecule has 2 aromatic rings. The maximum Gasteiger partial charge on any atom is 0.118 e. The third-order valence-corrected chi connectivity index (χ3v) is 4.19. The summed E-state index contributed by atoms with van der Waals surface area (Å²) in [6.07, 6.45) is 2.56. The van der Waals surface area contributed by atoms with Crippen LogP contribution in [0.2, 0.25) is 0 Å². The molecule has 104 valence electrons. The molecule has 1 aliphatic rings. The quantitative estimate of drug-likeness (QED) is 0.864. The van der Waals surface area contributed by atoms with Crippen LogP contribution in [-0.4, -0.2) is 13.7 Å². The van der Waals surface area contributed by atoms with Crippen molar-refractivity contribution in [1.82, 2.24) is 5.32 Å². The molecule has 0 saturated heterocycles. The van der Waals surface area contributed by atoms with Crippen molar-refractivity contribution in [3.05, 3.63) is 65.7 Å². The van der Waals surface area contributed by atoms with Crippen molar-refractivity contribution in [3.63, 3.8) is 0 Å². The lowest BCUT2D eigenvalue weighted by molar-refractivity contribution is 0.414. The molecule has 0 heterocycles. The second kappa shape index (κ2) is 5.68. The van der Waals surface area contributed by atoms with Gasteiger partial charge in [0.25, 0.3) is 0 Å². The van der Waals surface area contributed by atoms with E-state index in [-0.39, 0.29) is 0 Å². The largest absolute Gasteiger partial charge is 0.497 e. The molecule has 0 unspecified atom stereocenters. The van der Waals surface area contributed by atoms with Gasteiger partial charge in [0.1, 0.15) is 5.75 Å². The molecule has 20 heavy (non-hydrogen) atoms. The Balaban J connectivity index is 1.58. The van der Waals surface area contributed by atoms with Gasteiger partial charge in [0.15, 0.2) is 0 Å². The Morgan fingerprint density at radius 3 is 2.30 bits per heavy atom. The highest BCUT2D eigenvalue weighted by molar-refractivity contribution is 5.36. The van der Waals surface area contributed by atoms with Crippen molar-refractivity contribution >= 4 is 0 Å². The number of hydrogen-bond acceptors (Lipinski definition) is 2. The van der Waals surface area contributed by atoms with Gasteiger partial charge in [-0.3, -0.25) is 0 Å². The van der Waals surface area contributed by atoms with Crippen LogP contribution in [0.1, 0.15) is 24.0 Å². The Hall–Kier alpha value is -1.80. The molecule has 2 nitrogen and oxygen atoms in total. The third kappa shape index (κ3) is 2.86. The number of nitrogens with one attached hydrogen (secondary N) is 1. The van der Waals surface area contributed by atoms with E-state index in [1.807, 2.05) is 0 Å². The van der Waals surface area contributed by atoms with E-state index in [2.05, 4.69) is 59.9 Å². The van der Waals surface area contributed by atoms with E-state index in [1.54, 1.807) is 7.11 Å². The van der Waals surface area contributed by atoms with Crippen molar-refractivity contribution in [2.75, 3.05) is 13.7 Å². The van der Waals surface area contributed by atoms with Crippen LogP contribution in [0.3, 0.4) is 0 Å². The minimum absolute atomic E-state index is 0.348. The maximum absolute atomic E-state index is 5.23. The van der Waals surface area contributed by atoms with Gasteiger partial charge in [-0.05, 0) is 36.1 Å². The normalized spacial score (nSPS) is 15.8. The fourth-order valence-electron chi connectivity index (χ4n) is 2.70. The third-order valence-electron chi connectivity index (χ3n) is 4.19. The van der Waals surface area contributed by atoms with Crippen LogP contribution >= 0.6 is 0 Å². The zero-order valence-electron chi connectivity index (χ0n) is 11.9. The average molecular weight is 267 g/mol. The molecule has 1 saturated carbocycles. The van der Waals surface area contributed by atoms with Crippen molar-refractivity contribution in [2.45, 2.75) is 24.8 Å². The lowest BCUT2D eigenvalue weighted by Gasteiger charge is -2.17. The number of ether oxygens (including phenoxy) is 1. The van der Waals surface area contributed by atoms with E-state index < -0.39 is 0 Å². The van der Waals surface area contributed by atoms with Crippen LogP contribution in [0, 0.1) is 0 Å². The Morgan fingerprint density at radius 1 is 1.00 bits per heavy atom. The minimum atomic E-state index is 0.348. The van der Waals surface area contributed by atoms with Gasteiger partial charge >= 0.3 is 0 Å². The predicted molar refractivity (Wildman–Crippen MR) is 82.1 cm³/mol. The second-order valence-electron chi connectivity index (χ2n) is 5.60. The number of hydrogen-bond donors (Lipinski definition) is 1. The number of methoxy groups -OCH3 is 1. The van der Waals surface area contributed by atoms with Gasteiger partial charge < -0.3 is 10.1 Å². The maximum atomic E-state index is 5.23. The zero-order chi connectivity index (χ0) is 13.8. The van der Waals surface area contributed by atoms with Gasteiger partial charge in [0.2, 0.25) is 0 Å². The molecule has 0 aromatic heterocycles. The molecule has 0 atom stereocenters. The highest BCUT2D eigenvalue weighted by Gasteiger charge is 2.43. The van der Waals surface area contributed by atoms with Crippen LogP contribution in [0.25, 0.3) is 0 Å². The molecule has 0 radical (unpaired) electrons. The molecule has 1 aliphatic carbocycles. The molecular formula is C18H21NO. The highest BCUT2D eigenvalue weighted by atomic mass is 16.5. The topological polar surface area (TPSA) is 21.3 Å². The first-order chi connectivity index (χ1) is 9.82. The monoisotopic (exact) mass is 267 g/mol. The van der Waals surface area contributed by atoms with Gasteiger partial charge in [-0.15, -0.1) is 0 Å². The smallest absolute Gasteiger partial charge is 0.118 e. The Kier molecular flexibility index (Phi) is 3.75. The molecule has 0 bridgehead atoms. The van der Waals surface area contributed by atoms with Crippen LogP contribution in [-0.2, 0) is 12.0 Å². The van der Waals surface area contributed by atoms with Crippen LogP contribution < -0.4 is 10.1 Å². The van der Waals surface area contributed by atoms with E-state index in [0.717, 1.165) is 18.8 Å². The lowest BCUT2D eigenvalue weighted by atomic mass is 9.96. The zero-order valence-corrected chi connectivity index (χ0v) is 11.9. The van der Waals surface area contributed by atoms with Crippen molar-refractivity contribution in [1.29, 1.82) is 0 Å². The summed E-state index contributed by atoms with van der Waals surface area (Å²) in [5.74, 6) is 0.932. The molecule has 3 rings (SSSR count). The van der Waals surface area contributed by atoms with Crippen molar-refractivity contribution in [2.24, 2.45) is 0 Å². The highest BCUT2D eigenvalue weighted by Crippen LogP contribution is 2.47. The first kappa shape index (κ1) is 13.2. The molecule has 2 aromatic carbocycles. The fraction of sp³-hybridized carbons (Fsp3) is 0.333. The molecular weight excluding hydrogens is 246 g/mol. The summed E-state index contributed by atoms with van der Waals surface area (Å²) in [4.78, 5) is 0. The fourth-order valence-corrected chi connectivity index (χ4v) is 2.70. The predicted octanol–water partition coefficient (Wildman–Crippen LogP) is 3.52. The van der Waals surface area contributed by atoms with E-state index in [4.69, 9.17) is 4.74 Å². The van der Waals surface area contributed by atoms with Gasteiger partial charge in [0, 0.05) is 18.5 Å². The van der Waals surface area contributed by atoms with E-state index in [9.17, 15) is 0 Å². The molecule has 0 amide bonds. The van der Waals surface area contributed by atoms with Crippen molar-refractivity contribution < 1.29 is 4.74 Å². The summed E-state index contributed by atoms with van der Waals surface area (Å²) in [6.45, 7) is 1.99. The Bertz CT molecular complexity index is 543. The van der Waals surface area contributed by atoms with Gasteiger partial charge in [-0.2, -0.15) is 0 Å². The van der Waals surface area contributed by atoms with Crippen LogP contribution in [0.5, 0.6) is 5.75 Å². The summed E-state index contributed by atoms with van der Waals surface area (Å²) in [5.41, 5.74) is 3.12. The Morgan fingerprint density at radius 2 is 1.70 bits per heavy atom. The molecule has 1 N–H and O–H groups in total. The SMILES string of the molecule is COc1ccc(C2(CNCc3ccccc3)CC2)cc1. The lowest BCUT2D eigenvalue weighted by Crippen LogP contribution is -2.26. The van der Waals surface area contributed by atoms with Crippen molar-refractivity contribution in [3.8, 4) is 5.75 Å². The number of rotatable bonds is 6. The van der Waals surface area contributed by atoms with Gasteiger partial charge in [0.05, 0.1) is 7.11 Å². The summed E-state index contributed by atoms with van der Waals surface area (Å²) < 4.78 is 5.23. The molecule has 0 aliphatic heterocycles. The summed E-state index contributed by atoms with van der Waals surface area (Å²) in [6, 6.07) is 19.1. The molecule has 2 heteroatoms.